The van der Waals surface area contributed by atoms with Gasteiger partial charge in [-0.2, -0.15) is 0 Å². The van der Waals surface area contributed by atoms with Crippen molar-refractivity contribution in [3.63, 3.8) is 0 Å². The van der Waals surface area contributed by atoms with Gasteiger partial charge in [0.2, 0.25) is 0 Å². The second-order valence-electron chi connectivity index (χ2n) is 2.36. The number of benzene rings is 1. The van der Waals surface area contributed by atoms with Crippen LogP contribution in [0.5, 0.6) is 0 Å². The number of hydrogen-bond acceptors (Lipinski definition) is 2. The van der Waals surface area contributed by atoms with Crippen LogP contribution in [0.15, 0.2) is 30.3 Å². The van der Waals surface area contributed by atoms with Gasteiger partial charge >= 0.3 is 0 Å². The number of rotatable bonds is 2. The first-order chi connectivity index (χ1) is 6.22. The molecule has 0 aliphatic heterocycles. The molecule has 1 aromatic carbocycles. The van der Waals surface area contributed by atoms with E-state index in [0.717, 1.165) is 6.08 Å². The molecule has 2 N–H and O–H groups in total. The molecule has 0 aliphatic carbocycles. The summed E-state index contributed by atoms with van der Waals surface area (Å²) in [4.78, 5) is 10.5. The zero-order valence-electron chi connectivity index (χ0n) is 6.70. The first-order valence-electron chi connectivity index (χ1n) is 3.60. The summed E-state index contributed by atoms with van der Waals surface area (Å²) in [5, 5.41) is 8.14. The monoisotopic (exact) mass is 181 g/mol. The summed E-state index contributed by atoms with van der Waals surface area (Å²) in [6.45, 7) is 0. The van der Waals surface area contributed by atoms with Gasteiger partial charge in [0, 0.05) is 6.08 Å². The minimum Gasteiger partial charge on any atom is -0.288 e. The highest BCUT2D eigenvalue weighted by molar-refractivity contribution is 5.90. The summed E-state index contributed by atoms with van der Waals surface area (Å²) in [7, 11) is 0. The molecule has 0 unspecified atom stereocenters. The highest BCUT2D eigenvalue weighted by Gasteiger charge is 1.92. The standard InChI is InChI=1S/C9H8FNO2/c10-8-3-1-2-7(6-8)4-5-9(12)11-13/h1-6,13H,(H,11,12). The van der Waals surface area contributed by atoms with E-state index in [1.54, 1.807) is 6.07 Å². The van der Waals surface area contributed by atoms with Crippen molar-refractivity contribution in [2.75, 3.05) is 0 Å². The molecule has 13 heavy (non-hydrogen) atoms. The van der Waals surface area contributed by atoms with E-state index in [0.29, 0.717) is 5.56 Å². The second-order valence-corrected chi connectivity index (χ2v) is 2.36. The molecular formula is C9H8FNO2. The van der Waals surface area contributed by atoms with Crippen LogP contribution in [0.1, 0.15) is 5.56 Å². The molecule has 0 heterocycles. The maximum atomic E-state index is 12.6. The highest BCUT2D eigenvalue weighted by atomic mass is 19.1. The van der Waals surface area contributed by atoms with Gasteiger partial charge in [0.05, 0.1) is 0 Å². The summed E-state index contributed by atoms with van der Waals surface area (Å²) in [5.74, 6) is -1.02. The Balaban J connectivity index is 2.74. The van der Waals surface area contributed by atoms with E-state index in [1.165, 1.54) is 29.8 Å². The Hall–Kier alpha value is -1.68. The molecule has 4 heteroatoms. The van der Waals surface area contributed by atoms with Crippen LogP contribution in [0.25, 0.3) is 6.08 Å². The van der Waals surface area contributed by atoms with E-state index in [-0.39, 0.29) is 5.82 Å². The summed E-state index contributed by atoms with van der Waals surface area (Å²) in [5.41, 5.74) is 1.99. The van der Waals surface area contributed by atoms with Gasteiger partial charge in [-0.05, 0) is 23.8 Å². The predicted octanol–water partition coefficient (Wildman–Crippen LogP) is 1.34. The van der Waals surface area contributed by atoms with Crippen LogP contribution in [0.2, 0.25) is 0 Å². The van der Waals surface area contributed by atoms with Crippen molar-refractivity contribution in [2.45, 2.75) is 0 Å². The molecule has 1 amide bonds. The Morgan fingerprint density at radius 2 is 2.31 bits per heavy atom. The summed E-state index contributed by atoms with van der Waals surface area (Å²) in [6, 6.07) is 5.76. The van der Waals surface area contributed by atoms with E-state index in [4.69, 9.17) is 5.21 Å². The van der Waals surface area contributed by atoms with Crippen LogP contribution in [-0.2, 0) is 4.79 Å². The average molecular weight is 181 g/mol. The fourth-order valence-electron chi connectivity index (χ4n) is 0.819. The van der Waals surface area contributed by atoms with E-state index in [2.05, 4.69) is 0 Å². The van der Waals surface area contributed by atoms with Crippen LogP contribution >= 0.6 is 0 Å². The molecule has 0 radical (unpaired) electrons. The van der Waals surface area contributed by atoms with Crippen LogP contribution in [0.3, 0.4) is 0 Å². The second kappa shape index (κ2) is 4.37. The zero-order valence-corrected chi connectivity index (χ0v) is 6.70. The van der Waals surface area contributed by atoms with Crippen molar-refractivity contribution in [3.8, 4) is 0 Å². The number of carbonyl (C=O) groups excluding carboxylic acids is 1. The highest BCUT2D eigenvalue weighted by Crippen LogP contribution is 2.04. The smallest absolute Gasteiger partial charge is 0.267 e. The first kappa shape index (κ1) is 9.41. The first-order valence-corrected chi connectivity index (χ1v) is 3.60. The average Bonchev–Trinajstić information content (AvgIpc) is 2.14. The lowest BCUT2D eigenvalue weighted by Gasteiger charge is -1.92. The fraction of sp³-hybridized carbons (Fsp3) is 0. The van der Waals surface area contributed by atoms with Gasteiger partial charge in [-0.25, -0.2) is 9.87 Å². The molecule has 0 bridgehead atoms. The molecule has 0 aliphatic rings. The number of hydroxylamine groups is 1. The molecule has 0 saturated heterocycles. The van der Waals surface area contributed by atoms with Gasteiger partial charge in [-0.15, -0.1) is 0 Å². The van der Waals surface area contributed by atoms with E-state index in [1.807, 2.05) is 0 Å². The van der Waals surface area contributed by atoms with Gasteiger partial charge in [0.25, 0.3) is 5.91 Å². The molecule has 0 fully saturated rings. The normalized spacial score (nSPS) is 10.3. The van der Waals surface area contributed by atoms with Gasteiger partial charge in [-0.3, -0.25) is 10.0 Å². The Labute approximate surface area is 74.5 Å². The minimum absolute atomic E-state index is 0.369. The van der Waals surface area contributed by atoms with Gasteiger partial charge in [0.15, 0.2) is 0 Å². The fourth-order valence-corrected chi connectivity index (χ4v) is 0.819. The summed E-state index contributed by atoms with van der Waals surface area (Å²) in [6.07, 6.45) is 2.50. The molecule has 0 atom stereocenters. The third-order valence-electron chi connectivity index (χ3n) is 1.39. The number of halogens is 1. The lowest BCUT2D eigenvalue weighted by atomic mass is 10.2. The van der Waals surface area contributed by atoms with E-state index >= 15 is 0 Å². The van der Waals surface area contributed by atoms with Gasteiger partial charge in [0.1, 0.15) is 5.82 Å². The maximum Gasteiger partial charge on any atom is 0.267 e. The minimum atomic E-state index is -0.649. The lowest BCUT2D eigenvalue weighted by Crippen LogP contribution is -2.14. The van der Waals surface area contributed by atoms with Crippen LogP contribution < -0.4 is 5.48 Å². The largest absolute Gasteiger partial charge is 0.288 e. The van der Waals surface area contributed by atoms with Crippen molar-refractivity contribution in [2.24, 2.45) is 0 Å². The molecule has 0 saturated carbocycles. The van der Waals surface area contributed by atoms with Gasteiger partial charge < -0.3 is 0 Å². The Morgan fingerprint density at radius 1 is 1.54 bits per heavy atom. The molecule has 1 aromatic rings. The zero-order chi connectivity index (χ0) is 9.68. The van der Waals surface area contributed by atoms with Crippen LogP contribution in [0.4, 0.5) is 4.39 Å². The quantitative estimate of drug-likeness (QED) is 0.411. The number of hydrogen-bond donors (Lipinski definition) is 2. The van der Waals surface area contributed by atoms with E-state index < -0.39 is 5.91 Å². The SMILES string of the molecule is O=C(C=Cc1cccc(F)c1)NO. The van der Waals surface area contributed by atoms with Crippen molar-refractivity contribution in [3.05, 3.63) is 41.7 Å². The topological polar surface area (TPSA) is 49.3 Å². The molecule has 1 rings (SSSR count). The molecular weight excluding hydrogens is 173 g/mol. The van der Waals surface area contributed by atoms with Crippen molar-refractivity contribution < 1.29 is 14.4 Å². The van der Waals surface area contributed by atoms with Crippen molar-refractivity contribution in [1.82, 2.24) is 5.48 Å². The molecule has 0 aromatic heterocycles. The Morgan fingerprint density at radius 3 is 2.92 bits per heavy atom. The lowest BCUT2D eigenvalue weighted by molar-refractivity contribution is -0.124. The molecule has 3 nitrogen and oxygen atoms in total. The van der Waals surface area contributed by atoms with Crippen LogP contribution in [0, 0.1) is 5.82 Å². The molecule has 68 valence electrons. The number of carbonyl (C=O) groups is 1. The molecule has 0 spiro atoms. The summed E-state index contributed by atoms with van der Waals surface area (Å²) >= 11 is 0. The predicted molar refractivity (Wildman–Crippen MR) is 45.4 cm³/mol. The number of nitrogens with one attached hydrogen (secondary N) is 1. The third kappa shape index (κ3) is 3.04. The van der Waals surface area contributed by atoms with Crippen molar-refractivity contribution >= 4 is 12.0 Å². The van der Waals surface area contributed by atoms with Crippen molar-refractivity contribution in [1.29, 1.82) is 0 Å². The van der Waals surface area contributed by atoms with Crippen LogP contribution in [-0.4, -0.2) is 11.1 Å². The summed E-state index contributed by atoms with van der Waals surface area (Å²) < 4.78 is 12.6. The number of amides is 1. The van der Waals surface area contributed by atoms with E-state index in [9.17, 15) is 9.18 Å². The Bertz CT molecular complexity index is 336. The Kier molecular flexibility index (Phi) is 3.16. The maximum absolute atomic E-state index is 12.6. The van der Waals surface area contributed by atoms with Gasteiger partial charge in [-0.1, -0.05) is 12.1 Å². The third-order valence-corrected chi connectivity index (χ3v) is 1.39.